The van der Waals surface area contributed by atoms with Crippen LogP contribution in [0.2, 0.25) is 10.3 Å². The van der Waals surface area contributed by atoms with Crippen molar-refractivity contribution in [3.8, 4) is 10.7 Å². The van der Waals surface area contributed by atoms with E-state index in [0.29, 0.717) is 16.1 Å². The van der Waals surface area contributed by atoms with Crippen molar-refractivity contribution in [2.24, 2.45) is 0 Å². The van der Waals surface area contributed by atoms with Gasteiger partial charge in [-0.3, -0.25) is 0 Å². The molecule has 13 heavy (non-hydrogen) atoms. The first-order valence-corrected chi connectivity index (χ1v) is 5.13. The van der Waals surface area contributed by atoms with Crippen LogP contribution in [0.3, 0.4) is 0 Å². The molecule has 2 heterocycles. The predicted octanol–water partition coefficient (Wildman–Crippen LogP) is 3.51. The summed E-state index contributed by atoms with van der Waals surface area (Å²) in [4.78, 5) is 9.08. The Morgan fingerprint density at radius 1 is 1.15 bits per heavy atom. The number of halogens is 2. The van der Waals surface area contributed by atoms with Crippen LogP contribution in [0.5, 0.6) is 0 Å². The van der Waals surface area contributed by atoms with Crippen molar-refractivity contribution in [1.29, 1.82) is 0 Å². The van der Waals surface area contributed by atoms with Gasteiger partial charge in [-0.15, -0.1) is 11.3 Å². The molecule has 0 amide bonds. The van der Waals surface area contributed by atoms with Crippen molar-refractivity contribution in [1.82, 2.24) is 9.97 Å². The smallest absolute Gasteiger partial charge is 0.172 e. The van der Waals surface area contributed by atoms with E-state index >= 15 is 0 Å². The summed E-state index contributed by atoms with van der Waals surface area (Å²) in [6, 6.07) is 5.37. The Morgan fingerprint density at radius 3 is 2.38 bits per heavy atom. The molecule has 2 aromatic heterocycles. The van der Waals surface area contributed by atoms with Crippen LogP contribution in [-0.2, 0) is 0 Å². The third-order valence-corrected chi connectivity index (χ3v) is 2.66. The molecule has 0 fully saturated rings. The fraction of sp³-hybridized carbons (Fsp3) is 0. The van der Waals surface area contributed by atoms with E-state index in [1.165, 1.54) is 6.07 Å². The summed E-state index contributed by atoms with van der Waals surface area (Å²) in [5.74, 6) is 0.576. The third kappa shape index (κ3) is 1.99. The molecule has 0 atom stereocenters. The van der Waals surface area contributed by atoms with Gasteiger partial charge in [0.15, 0.2) is 5.82 Å². The first-order valence-electron chi connectivity index (χ1n) is 3.49. The van der Waals surface area contributed by atoms with Crippen LogP contribution >= 0.6 is 34.5 Å². The summed E-state index contributed by atoms with van der Waals surface area (Å²) in [7, 11) is 0. The SMILES string of the molecule is Clc1cc(Cl)nc(-c2cccs2)n1. The van der Waals surface area contributed by atoms with Gasteiger partial charge in [0, 0.05) is 6.07 Å². The summed E-state index contributed by atoms with van der Waals surface area (Å²) in [6.45, 7) is 0. The van der Waals surface area contributed by atoms with Crippen LogP contribution in [0.1, 0.15) is 0 Å². The molecular weight excluding hydrogens is 227 g/mol. The monoisotopic (exact) mass is 230 g/mol. The lowest BCUT2D eigenvalue weighted by atomic mass is 10.4. The Bertz CT molecular complexity index is 394. The standard InChI is InChI=1S/C8H4Cl2N2S/c9-6-4-7(10)12-8(11-6)5-2-1-3-13-5/h1-4H. The second-order valence-corrected chi connectivity index (χ2v) is 4.04. The minimum Gasteiger partial charge on any atom is -0.215 e. The Hall–Kier alpha value is -0.640. The second-order valence-electron chi connectivity index (χ2n) is 2.31. The van der Waals surface area contributed by atoms with Crippen LogP contribution in [0.15, 0.2) is 23.6 Å². The van der Waals surface area contributed by atoms with Gasteiger partial charge in [0.05, 0.1) is 4.88 Å². The summed E-state index contributed by atoms with van der Waals surface area (Å²) in [5.41, 5.74) is 0. The quantitative estimate of drug-likeness (QED) is 0.702. The van der Waals surface area contributed by atoms with Crippen LogP contribution < -0.4 is 0 Å². The molecule has 0 saturated heterocycles. The summed E-state index contributed by atoms with van der Waals surface area (Å²) < 4.78 is 0. The van der Waals surface area contributed by atoms with Crippen LogP contribution in [-0.4, -0.2) is 9.97 Å². The molecule has 0 aromatic carbocycles. The lowest BCUT2D eigenvalue weighted by Gasteiger charge is -1.96. The summed E-state index contributed by atoms with van der Waals surface area (Å²) in [6.07, 6.45) is 0. The van der Waals surface area contributed by atoms with Gasteiger partial charge in [0.2, 0.25) is 0 Å². The van der Waals surface area contributed by atoms with Gasteiger partial charge in [-0.05, 0) is 11.4 Å². The number of aromatic nitrogens is 2. The minimum absolute atomic E-state index is 0.364. The van der Waals surface area contributed by atoms with E-state index in [9.17, 15) is 0 Å². The normalized spacial score (nSPS) is 10.3. The molecule has 0 spiro atoms. The second kappa shape index (κ2) is 3.62. The van der Waals surface area contributed by atoms with E-state index in [1.807, 2.05) is 17.5 Å². The van der Waals surface area contributed by atoms with Gasteiger partial charge in [0.25, 0.3) is 0 Å². The van der Waals surface area contributed by atoms with Gasteiger partial charge in [-0.25, -0.2) is 9.97 Å². The molecule has 0 N–H and O–H groups in total. The number of rotatable bonds is 1. The Labute approximate surface area is 89.2 Å². The summed E-state index contributed by atoms with van der Waals surface area (Å²) in [5, 5.41) is 2.68. The first-order chi connectivity index (χ1) is 6.25. The number of nitrogens with zero attached hydrogens (tertiary/aromatic N) is 2. The van der Waals surface area contributed by atoms with E-state index < -0.39 is 0 Å². The molecule has 0 unspecified atom stereocenters. The highest BCUT2D eigenvalue weighted by molar-refractivity contribution is 7.13. The molecule has 66 valence electrons. The zero-order chi connectivity index (χ0) is 9.26. The maximum Gasteiger partial charge on any atom is 0.172 e. The topological polar surface area (TPSA) is 25.8 Å². The van der Waals surface area contributed by atoms with Crippen molar-refractivity contribution in [3.63, 3.8) is 0 Å². The van der Waals surface area contributed by atoms with E-state index in [-0.39, 0.29) is 0 Å². The number of hydrogen-bond donors (Lipinski definition) is 0. The molecule has 0 aliphatic rings. The summed E-state index contributed by atoms with van der Waals surface area (Å²) >= 11 is 13.0. The molecule has 2 aromatic rings. The molecule has 0 saturated carbocycles. The van der Waals surface area contributed by atoms with E-state index in [1.54, 1.807) is 11.3 Å². The zero-order valence-electron chi connectivity index (χ0n) is 6.37. The number of hydrogen-bond acceptors (Lipinski definition) is 3. The van der Waals surface area contributed by atoms with Crippen LogP contribution in [0, 0.1) is 0 Å². The zero-order valence-corrected chi connectivity index (χ0v) is 8.70. The maximum absolute atomic E-state index is 5.74. The average Bonchev–Trinajstić information content (AvgIpc) is 2.53. The third-order valence-electron chi connectivity index (χ3n) is 1.41. The molecular formula is C8H4Cl2N2S. The van der Waals surface area contributed by atoms with E-state index in [4.69, 9.17) is 23.2 Å². The molecule has 2 rings (SSSR count). The Kier molecular flexibility index (Phi) is 2.49. The molecule has 5 heteroatoms. The largest absolute Gasteiger partial charge is 0.215 e. The predicted molar refractivity (Wildman–Crippen MR) is 55.4 cm³/mol. The van der Waals surface area contributed by atoms with Crippen molar-refractivity contribution in [3.05, 3.63) is 33.9 Å². The van der Waals surface area contributed by atoms with Gasteiger partial charge in [-0.1, -0.05) is 29.3 Å². The lowest BCUT2D eigenvalue weighted by Crippen LogP contribution is -1.87. The fourth-order valence-corrected chi connectivity index (χ4v) is 1.99. The first kappa shape index (κ1) is 8.94. The van der Waals surface area contributed by atoms with Gasteiger partial charge >= 0.3 is 0 Å². The van der Waals surface area contributed by atoms with Crippen molar-refractivity contribution in [2.75, 3.05) is 0 Å². The molecule has 2 nitrogen and oxygen atoms in total. The lowest BCUT2D eigenvalue weighted by molar-refractivity contribution is 1.19. The van der Waals surface area contributed by atoms with Gasteiger partial charge < -0.3 is 0 Å². The van der Waals surface area contributed by atoms with E-state index in [0.717, 1.165) is 4.88 Å². The van der Waals surface area contributed by atoms with Gasteiger partial charge in [0.1, 0.15) is 10.3 Å². The van der Waals surface area contributed by atoms with Crippen molar-refractivity contribution >= 4 is 34.5 Å². The Balaban J connectivity index is 2.53. The Morgan fingerprint density at radius 2 is 1.85 bits per heavy atom. The van der Waals surface area contributed by atoms with Crippen LogP contribution in [0.4, 0.5) is 0 Å². The van der Waals surface area contributed by atoms with E-state index in [2.05, 4.69) is 9.97 Å². The maximum atomic E-state index is 5.74. The highest BCUT2D eigenvalue weighted by Crippen LogP contribution is 2.23. The molecule has 0 radical (unpaired) electrons. The minimum atomic E-state index is 0.364. The molecule has 0 aliphatic heterocycles. The highest BCUT2D eigenvalue weighted by atomic mass is 35.5. The molecule has 0 bridgehead atoms. The fourth-order valence-electron chi connectivity index (χ4n) is 0.906. The van der Waals surface area contributed by atoms with Gasteiger partial charge in [-0.2, -0.15) is 0 Å². The number of thiophene rings is 1. The van der Waals surface area contributed by atoms with Crippen molar-refractivity contribution in [2.45, 2.75) is 0 Å². The molecule has 0 aliphatic carbocycles. The van der Waals surface area contributed by atoms with Crippen molar-refractivity contribution < 1.29 is 0 Å². The van der Waals surface area contributed by atoms with Crippen LogP contribution in [0.25, 0.3) is 10.7 Å². The average molecular weight is 231 g/mol. The highest BCUT2D eigenvalue weighted by Gasteiger charge is 2.04.